The Bertz CT molecular complexity index is 458. The summed E-state index contributed by atoms with van der Waals surface area (Å²) in [5, 5.41) is 3.77. The predicted octanol–water partition coefficient (Wildman–Crippen LogP) is 3.38. The summed E-state index contributed by atoms with van der Waals surface area (Å²) in [4.78, 5) is 7.25. The minimum absolute atomic E-state index is 0.232. The van der Waals surface area contributed by atoms with Crippen LogP contribution < -0.4 is 5.32 Å². The number of pyridine rings is 1. The summed E-state index contributed by atoms with van der Waals surface area (Å²) in [5.41, 5.74) is 2.76. The molecule has 0 radical (unpaired) electrons. The van der Waals surface area contributed by atoms with Gasteiger partial charge < -0.3 is 5.32 Å². The number of piperazine rings is 1. The van der Waals surface area contributed by atoms with Crippen LogP contribution >= 0.6 is 0 Å². The molecule has 1 aliphatic heterocycles. The molecular formula is C18H31N3. The molecule has 2 rings (SSSR count). The summed E-state index contributed by atoms with van der Waals surface area (Å²) in [6.45, 7) is 14.6. The fourth-order valence-corrected chi connectivity index (χ4v) is 3.20. The van der Waals surface area contributed by atoms with Gasteiger partial charge in [0.2, 0.25) is 0 Å². The quantitative estimate of drug-likeness (QED) is 0.900. The molecule has 1 aliphatic rings. The Morgan fingerprint density at radius 3 is 2.86 bits per heavy atom. The molecule has 0 amide bonds. The molecule has 1 fully saturated rings. The van der Waals surface area contributed by atoms with Crippen molar-refractivity contribution in [3.63, 3.8) is 0 Å². The maximum absolute atomic E-state index is 4.60. The molecule has 21 heavy (non-hydrogen) atoms. The van der Waals surface area contributed by atoms with E-state index in [1.165, 1.54) is 24.1 Å². The van der Waals surface area contributed by atoms with E-state index in [1.54, 1.807) is 0 Å². The van der Waals surface area contributed by atoms with Gasteiger partial charge in [-0.1, -0.05) is 26.8 Å². The Hall–Kier alpha value is -0.930. The van der Waals surface area contributed by atoms with Crippen LogP contribution in [0.1, 0.15) is 51.8 Å². The molecule has 118 valence electrons. The first-order chi connectivity index (χ1) is 9.93. The molecule has 1 aromatic heterocycles. The third-order valence-corrected chi connectivity index (χ3v) is 4.83. The lowest BCUT2D eigenvalue weighted by atomic mass is 9.90. The third kappa shape index (κ3) is 4.27. The minimum Gasteiger partial charge on any atom is -0.309 e. The second-order valence-electron chi connectivity index (χ2n) is 7.25. The van der Waals surface area contributed by atoms with E-state index in [4.69, 9.17) is 0 Å². The maximum atomic E-state index is 4.60. The monoisotopic (exact) mass is 289 g/mol. The van der Waals surface area contributed by atoms with Crippen molar-refractivity contribution in [2.75, 3.05) is 13.1 Å². The van der Waals surface area contributed by atoms with Gasteiger partial charge in [0.05, 0.1) is 5.69 Å². The fourth-order valence-electron chi connectivity index (χ4n) is 3.20. The van der Waals surface area contributed by atoms with E-state index in [2.05, 4.69) is 55.9 Å². The number of nitrogens with zero attached hydrogens (tertiary/aromatic N) is 2. The van der Waals surface area contributed by atoms with Crippen molar-refractivity contribution in [2.24, 2.45) is 5.92 Å². The van der Waals surface area contributed by atoms with Gasteiger partial charge in [-0.3, -0.25) is 9.88 Å². The largest absolute Gasteiger partial charge is 0.309 e. The first kappa shape index (κ1) is 16.4. The van der Waals surface area contributed by atoms with E-state index in [1.807, 2.05) is 12.3 Å². The van der Waals surface area contributed by atoms with Crippen molar-refractivity contribution in [2.45, 2.75) is 65.6 Å². The molecular weight excluding hydrogens is 258 g/mol. The Morgan fingerprint density at radius 1 is 1.48 bits per heavy atom. The highest BCUT2D eigenvalue weighted by atomic mass is 15.3. The lowest BCUT2D eigenvalue weighted by Crippen LogP contribution is -2.62. The summed E-state index contributed by atoms with van der Waals surface area (Å²) < 4.78 is 0. The predicted molar refractivity (Wildman–Crippen MR) is 89.3 cm³/mol. The number of nitrogens with one attached hydrogen (secondary N) is 1. The SMILES string of the molecule is CCC1(C)CN(Cc2ncccc2C)C(CC(C)C)CN1. The Labute approximate surface area is 130 Å². The van der Waals surface area contributed by atoms with Crippen molar-refractivity contribution in [3.05, 3.63) is 29.6 Å². The highest BCUT2D eigenvalue weighted by Crippen LogP contribution is 2.24. The molecule has 3 nitrogen and oxygen atoms in total. The average molecular weight is 289 g/mol. The lowest BCUT2D eigenvalue weighted by Gasteiger charge is -2.46. The van der Waals surface area contributed by atoms with Gasteiger partial charge >= 0.3 is 0 Å². The summed E-state index contributed by atoms with van der Waals surface area (Å²) in [6, 6.07) is 4.81. The van der Waals surface area contributed by atoms with E-state index >= 15 is 0 Å². The molecule has 2 atom stereocenters. The molecule has 0 spiro atoms. The Balaban J connectivity index is 2.15. The Morgan fingerprint density at radius 2 is 2.24 bits per heavy atom. The molecule has 1 N–H and O–H groups in total. The van der Waals surface area contributed by atoms with Crippen molar-refractivity contribution in [1.29, 1.82) is 0 Å². The van der Waals surface area contributed by atoms with Crippen LogP contribution in [0.5, 0.6) is 0 Å². The number of aryl methyl sites for hydroxylation is 1. The molecule has 0 aliphatic carbocycles. The van der Waals surface area contributed by atoms with Gasteiger partial charge in [-0.25, -0.2) is 0 Å². The zero-order valence-electron chi connectivity index (χ0n) is 14.3. The first-order valence-electron chi connectivity index (χ1n) is 8.33. The molecule has 0 aromatic carbocycles. The number of hydrogen-bond acceptors (Lipinski definition) is 3. The highest BCUT2D eigenvalue weighted by Gasteiger charge is 2.34. The highest BCUT2D eigenvalue weighted by molar-refractivity contribution is 5.18. The van der Waals surface area contributed by atoms with Crippen LogP contribution in [0.15, 0.2) is 18.3 Å². The second kappa shape index (κ2) is 6.89. The van der Waals surface area contributed by atoms with Gasteiger partial charge in [0, 0.05) is 37.4 Å². The molecule has 2 heterocycles. The summed E-state index contributed by atoms with van der Waals surface area (Å²) in [6.07, 6.45) is 4.33. The summed E-state index contributed by atoms with van der Waals surface area (Å²) in [5.74, 6) is 0.732. The van der Waals surface area contributed by atoms with Crippen molar-refractivity contribution >= 4 is 0 Å². The fraction of sp³-hybridized carbons (Fsp3) is 0.722. The zero-order valence-corrected chi connectivity index (χ0v) is 14.3. The molecule has 2 unspecified atom stereocenters. The van der Waals surface area contributed by atoms with E-state index < -0.39 is 0 Å². The van der Waals surface area contributed by atoms with Crippen LogP contribution in [0.2, 0.25) is 0 Å². The van der Waals surface area contributed by atoms with Crippen molar-refractivity contribution in [1.82, 2.24) is 15.2 Å². The third-order valence-electron chi connectivity index (χ3n) is 4.83. The van der Waals surface area contributed by atoms with Crippen LogP contribution in [0.3, 0.4) is 0 Å². The van der Waals surface area contributed by atoms with Crippen molar-refractivity contribution in [3.8, 4) is 0 Å². The van der Waals surface area contributed by atoms with Gasteiger partial charge in [-0.15, -0.1) is 0 Å². The summed E-state index contributed by atoms with van der Waals surface area (Å²) >= 11 is 0. The van der Waals surface area contributed by atoms with E-state index in [0.29, 0.717) is 6.04 Å². The average Bonchev–Trinajstić information content (AvgIpc) is 2.44. The maximum Gasteiger partial charge on any atom is 0.0573 e. The number of hydrogen-bond donors (Lipinski definition) is 1. The van der Waals surface area contributed by atoms with Crippen LogP contribution in [-0.2, 0) is 6.54 Å². The van der Waals surface area contributed by atoms with Gasteiger partial charge in [-0.2, -0.15) is 0 Å². The number of aromatic nitrogens is 1. The lowest BCUT2D eigenvalue weighted by molar-refractivity contribution is 0.0652. The Kier molecular flexibility index (Phi) is 5.39. The van der Waals surface area contributed by atoms with E-state index in [9.17, 15) is 0 Å². The van der Waals surface area contributed by atoms with E-state index in [-0.39, 0.29) is 5.54 Å². The standard InChI is InChI=1S/C18H31N3/c1-6-18(5)13-21(16(11-20-18)10-14(2)3)12-17-15(4)8-7-9-19-17/h7-9,14,16,20H,6,10-13H2,1-5H3. The summed E-state index contributed by atoms with van der Waals surface area (Å²) in [7, 11) is 0. The van der Waals surface area contributed by atoms with Crippen LogP contribution in [-0.4, -0.2) is 34.6 Å². The molecule has 3 heteroatoms. The molecule has 0 saturated carbocycles. The van der Waals surface area contributed by atoms with Gasteiger partial charge in [-0.05, 0) is 44.2 Å². The topological polar surface area (TPSA) is 28.2 Å². The first-order valence-corrected chi connectivity index (χ1v) is 8.33. The van der Waals surface area contributed by atoms with Crippen LogP contribution in [0, 0.1) is 12.8 Å². The zero-order chi connectivity index (χ0) is 15.5. The van der Waals surface area contributed by atoms with Gasteiger partial charge in [0.15, 0.2) is 0 Å². The second-order valence-corrected chi connectivity index (χ2v) is 7.25. The molecule has 0 bridgehead atoms. The van der Waals surface area contributed by atoms with Crippen LogP contribution in [0.4, 0.5) is 0 Å². The number of rotatable bonds is 5. The van der Waals surface area contributed by atoms with Gasteiger partial charge in [0.25, 0.3) is 0 Å². The smallest absolute Gasteiger partial charge is 0.0573 e. The molecule has 1 saturated heterocycles. The minimum atomic E-state index is 0.232. The van der Waals surface area contributed by atoms with Crippen molar-refractivity contribution < 1.29 is 0 Å². The normalized spacial score (nSPS) is 27.2. The molecule has 1 aromatic rings. The van der Waals surface area contributed by atoms with Gasteiger partial charge in [0.1, 0.15) is 0 Å². The van der Waals surface area contributed by atoms with E-state index in [0.717, 1.165) is 25.6 Å². The van der Waals surface area contributed by atoms with Crippen LogP contribution in [0.25, 0.3) is 0 Å².